The van der Waals surface area contributed by atoms with Crippen LogP contribution in [0.15, 0.2) is 24.5 Å². The van der Waals surface area contributed by atoms with Crippen LogP contribution in [-0.4, -0.2) is 35.9 Å². The smallest absolute Gasteiger partial charge is 0.229 e. The highest BCUT2D eigenvalue weighted by Crippen LogP contribution is 2.27. The number of likely N-dealkylation sites (N-methyl/N-ethyl adjacent to an activating group) is 1. The molecule has 0 saturated carbocycles. The minimum Gasteiger partial charge on any atom is -0.345 e. The van der Waals surface area contributed by atoms with Gasteiger partial charge in [-0.1, -0.05) is 13.8 Å². The average Bonchev–Trinajstić information content (AvgIpc) is 2.48. The summed E-state index contributed by atoms with van der Waals surface area (Å²) in [6.07, 6.45) is 5.98. The highest BCUT2D eigenvalue weighted by atomic mass is 16.2. The number of hydrogen-bond donors (Lipinski definition) is 1. The van der Waals surface area contributed by atoms with E-state index < -0.39 is 5.41 Å². The van der Waals surface area contributed by atoms with Crippen molar-refractivity contribution in [3.05, 3.63) is 30.1 Å². The fourth-order valence-corrected chi connectivity index (χ4v) is 2.28. The highest BCUT2D eigenvalue weighted by molar-refractivity contribution is 5.82. The summed E-state index contributed by atoms with van der Waals surface area (Å²) < 4.78 is 0. The molecular formula is C15H25N3O. The van der Waals surface area contributed by atoms with Crippen LogP contribution in [0.3, 0.4) is 0 Å². The third-order valence-electron chi connectivity index (χ3n) is 4.03. The first-order valence-corrected chi connectivity index (χ1v) is 6.94. The fraction of sp³-hybridized carbons (Fsp3) is 0.600. The molecule has 0 atom stereocenters. The van der Waals surface area contributed by atoms with Crippen molar-refractivity contribution < 1.29 is 4.79 Å². The van der Waals surface area contributed by atoms with E-state index in [0.29, 0.717) is 13.1 Å². The van der Waals surface area contributed by atoms with Gasteiger partial charge in [-0.15, -0.1) is 0 Å². The van der Waals surface area contributed by atoms with Crippen molar-refractivity contribution in [2.45, 2.75) is 33.1 Å². The maximum Gasteiger partial charge on any atom is 0.229 e. The number of nitrogens with two attached hydrogens (primary N) is 1. The molecule has 0 fully saturated rings. The molecule has 1 aromatic rings. The molecule has 19 heavy (non-hydrogen) atoms. The summed E-state index contributed by atoms with van der Waals surface area (Å²) in [7, 11) is 1.86. The minimum atomic E-state index is -0.396. The predicted molar refractivity (Wildman–Crippen MR) is 77.6 cm³/mol. The first kappa shape index (κ1) is 15.6. The lowest BCUT2D eigenvalue weighted by atomic mass is 9.81. The van der Waals surface area contributed by atoms with Crippen LogP contribution in [-0.2, 0) is 11.2 Å². The Hall–Kier alpha value is -1.42. The zero-order valence-corrected chi connectivity index (χ0v) is 12.2. The molecule has 0 aliphatic heterocycles. The van der Waals surface area contributed by atoms with Gasteiger partial charge in [0.25, 0.3) is 0 Å². The second-order valence-electron chi connectivity index (χ2n) is 5.02. The van der Waals surface area contributed by atoms with Crippen LogP contribution < -0.4 is 5.73 Å². The van der Waals surface area contributed by atoms with E-state index in [1.165, 1.54) is 5.56 Å². The van der Waals surface area contributed by atoms with E-state index in [1.807, 2.05) is 33.0 Å². The van der Waals surface area contributed by atoms with Gasteiger partial charge in [-0.3, -0.25) is 9.78 Å². The lowest BCUT2D eigenvalue weighted by Gasteiger charge is -2.33. The van der Waals surface area contributed by atoms with Gasteiger partial charge in [0.15, 0.2) is 0 Å². The van der Waals surface area contributed by atoms with E-state index in [4.69, 9.17) is 5.73 Å². The molecule has 4 heteroatoms. The van der Waals surface area contributed by atoms with Crippen molar-refractivity contribution in [2.75, 3.05) is 20.1 Å². The Labute approximate surface area is 116 Å². The van der Waals surface area contributed by atoms with Crippen molar-refractivity contribution >= 4 is 5.91 Å². The molecule has 0 aromatic carbocycles. The molecule has 0 saturated heterocycles. The van der Waals surface area contributed by atoms with Gasteiger partial charge in [0.2, 0.25) is 5.91 Å². The monoisotopic (exact) mass is 263 g/mol. The van der Waals surface area contributed by atoms with E-state index in [9.17, 15) is 4.79 Å². The van der Waals surface area contributed by atoms with Gasteiger partial charge < -0.3 is 10.6 Å². The Kier molecular flexibility index (Phi) is 5.96. The molecule has 1 rings (SSSR count). The van der Waals surface area contributed by atoms with Crippen LogP contribution in [0, 0.1) is 5.41 Å². The Morgan fingerprint density at radius 3 is 2.37 bits per heavy atom. The largest absolute Gasteiger partial charge is 0.345 e. The number of pyridine rings is 1. The zero-order chi connectivity index (χ0) is 14.3. The quantitative estimate of drug-likeness (QED) is 0.816. The summed E-state index contributed by atoms with van der Waals surface area (Å²) >= 11 is 0. The number of carbonyl (C=O) groups is 1. The van der Waals surface area contributed by atoms with Gasteiger partial charge in [0, 0.05) is 32.5 Å². The number of hydrogen-bond acceptors (Lipinski definition) is 3. The van der Waals surface area contributed by atoms with Crippen molar-refractivity contribution in [1.82, 2.24) is 9.88 Å². The molecule has 0 spiro atoms. The van der Waals surface area contributed by atoms with E-state index in [0.717, 1.165) is 19.3 Å². The molecule has 1 amide bonds. The lowest BCUT2D eigenvalue weighted by molar-refractivity contribution is -0.140. The van der Waals surface area contributed by atoms with E-state index in [1.54, 1.807) is 17.3 Å². The van der Waals surface area contributed by atoms with Crippen molar-refractivity contribution in [2.24, 2.45) is 11.1 Å². The molecule has 0 aliphatic carbocycles. The first-order valence-electron chi connectivity index (χ1n) is 6.94. The summed E-state index contributed by atoms with van der Waals surface area (Å²) in [5.74, 6) is 0.161. The van der Waals surface area contributed by atoms with E-state index in [-0.39, 0.29) is 5.91 Å². The molecule has 0 unspecified atom stereocenters. The fourth-order valence-electron chi connectivity index (χ4n) is 2.28. The number of aromatic nitrogens is 1. The molecule has 0 radical (unpaired) electrons. The summed E-state index contributed by atoms with van der Waals surface area (Å²) in [6.45, 7) is 5.19. The Morgan fingerprint density at radius 1 is 1.32 bits per heavy atom. The summed E-state index contributed by atoms with van der Waals surface area (Å²) in [5.41, 5.74) is 6.62. The van der Waals surface area contributed by atoms with Crippen LogP contribution in [0.25, 0.3) is 0 Å². The average molecular weight is 263 g/mol. The van der Waals surface area contributed by atoms with Crippen LogP contribution in [0.4, 0.5) is 0 Å². The maximum absolute atomic E-state index is 12.5. The topological polar surface area (TPSA) is 59.2 Å². The summed E-state index contributed by atoms with van der Waals surface area (Å²) in [6, 6.07) is 3.96. The third-order valence-corrected chi connectivity index (χ3v) is 4.03. The number of carbonyl (C=O) groups excluding carboxylic acids is 1. The summed E-state index contributed by atoms with van der Waals surface area (Å²) in [5, 5.41) is 0. The van der Waals surface area contributed by atoms with Crippen molar-refractivity contribution in [1.29, 1.82) is 0 Å². The van der Waals surface area contributed by atoms with Crippen molar-refractivity contribution in [3.8, 4) is 0 Å². The Balaban J connectivity index is 2.62. The van der Waals surface area contributed by atoms with Crippen LogP contribution in [0.1, 0.15) is 32.3 Å². The summed E-state index contributed by atoms with van der Waals surface area (Å²) in [4.78, 5) is 18.3. The molecule has 1 heterocycles. The Morgan fingerprint density at radius 2 is 1.89 bits per heavy atom. The van der Waals surface area contributed by atoms with Crippen LogP contribution in [0.2, 0.25) is 0 Å². The minimum absolute atomic E-state index is 0.161. The van der Waals surface area contributed by atoms with Gasteiger partial charge in [-0.05, 0) is 37.0 Å². The van der Waals surface area contributed by atoms with Crippen LogP contribution >= 0.6 is 0 Å². The standard InChI is InChI=1S/C15H25N3O/c1-4-15(5-2,12-16)14(19)18(3)11-8-13-6-9-17-10-7-13/h6-7,9-10H,4-5,8,11-12,16H2,1-3H3. The predicted octanol–water partition coefficient (Wildman–Crippen LogP) is 1.85. The number of amides is 1. The molecule has 4 nitrogen and oxygen atoms in total. The van der Waals surface area contributed by atoms with Crippen LogP contribution in [0.5, 0.6) is 0 Å². The van der Waals surface area contributed by atoms with Gasteiger partial charge in [-0.25, -0.2) is 0 Å². The highest BCUT2D eigenvalue weighted by Gasteiger charge is 2.35. The second kappa shape index (κ2) is 7.24. The first-order chi connectivity index (χ1) is 9.09. The van der Waals surface area contributed by atoms with E-state index in [2.05, 4.69) is 4.98 Å². The Bertz CT molecular complexity index is 379. The molecule has 0 bridgehead atoms. The SMILES string of the molecule is CCC(CC)(CN)C(=O)N(C)CCc1ccncc1. The molecule has 106 valence electrons. The molecule has 0 aliphatic rings. The van der Waals surface area contributed by atoms with Gasteiger partial charge in [0.1, 0.15) is 0 Å². The molecule has 1 aromatic heterocycles. The van der Waals surface area contributed by atoms with Gasteiger partial charge >= 0.3 is 0 Å². The second-order valence-corrected chi connectivity index (χ2v) is 5.02. The number of rotatable bonds is 7. The number of nitrogens with zero attached hydrogens (tertiary/aromatic N) is 2. The van der Waals surface area contributed by atoms with E-state index >= 15 is 0 Å². The van der Waals surface area contributed by atoms with Gasteiger partial charge in [0.05, 0.1) is 5.41 Å². The third kappa shape index (κ3) is 3.77. The normalized spacial score (nSPS) is 11.4. The van der Waals surface area contributed by atoms with Crippen molar-refractivity contribution in [3.63, 3.8) is 0 Å². The lowest BCUT2D eigenvalue weighted by Crippen LogP contribution is -2.46. The molecular weight excluding hydrogens is 238 g/mol. The maximum atomic E-state index is 12.5. The van der Waals surface area contributed by atoms with Gasteiger partial charge in [-0.2, -0.15) is 0 Å². The zero-order valence-electron chi connectivity index (χ0n) is 12.2. The molecule has 2 N–H and O–H groups in total.